The first-order valence-corrected chi connectivity index (χ1v) is 7.57. The van der Waals surface area contributed by atoms with Crippen molar-refractivity contribution in [3.8, 4) is 5.75 Å². The van der Waals surface area contributed by atoms with Crippen LogP contribution in [0.3, 0.4) is 0 Å². The topological polar surface area (TPSA) is 35.2 Å². The summed E-state index contributed by atoms with van der Waals surface area (Å²) in [6, 6.07) is 8.28. The highest BCUT2D eigenvalue weighted by molar-refractivity contribution is 5.34. The van der Waals surface area contributed by atoms with Gasteiger partial charge in [-0.05, 0) is 43.2 Å². The predicted octanol–water partition coefficient (Wildman–Crippen LogP) is 3.93. The smallest absolute Gasteiger partial charge is 0.122 e. The van der Waals surface area contributed by atoms with Crippen molar-refractivity contribution >= 4 is 0 Å². The molecule has 2 unspecified atom stereocenters. The summed E-state index contributed by atoms with van der Waals surface area (Å²) in [6.45, 7) is 2.30. The fourth-order valence-electron chi connectivity index (χ4n) is 3.32. The van der Waals surface area contributed by atoms with Gasteiger partial charge < -0.3 is 10.5 Å². The number of hydrogen-bond donors (Lipinski definition) is 1. The zero-order valence-electron chi connectivity index (χ0n) is 12.3. The Balaban J connectivity index is 2.08. The van der Waals surface area contributed by atoms with E-state index in [1.807, 2.05) is 12.1 Å². The van der Waals surface area contributed by atoms with Crippen LogP contribution < -0.4 is 10.5 Å². The van der Waals surface area contributed by atoms with Crippen LogP contribution in [0, 0.1) is 5.92 Å². The molecule has 1 aliphatic rings. The van der Waals surface area contributed by atoms with Crippen LogP contribution in [0.15, 0.2) is 24.3 Å². The second kappa shape index (κ2) is 6.42. The molecule has 0 saturated heterocycles. The Labute approximate surface area is 117 Å². The molecule has 0 radical (unpaired) electrons. The SMILES string of the molecule is CCC1CCCC(N)(Cc2ccccc2OC)CC1. The van der Waals surface area contributed by atoms with E-state index in [4.69, 9.17) is 10.5 Å². The van der Waals surface area contributed by atoms with Crippen LogP contribution in [-0.2, 0) is 6.42 Å². The van der Waals surface area contributed by atoms with E-state index in [1.54, 1.807) is 7.11 Å². The standard InChI is InChI=1S/C17H27NO/c1-3-14-7-6-11-17(18,12-10-14)13-15-8-4-5-9-16(15)19-2/h4-5,8-9,14H,3,6-7,10-13,18H2,1-2H3. The Morgan fingerprint density at radius 1 is 1.26 bits per heavy atom. The zero-order chi connectivity index (χ0) is 13.7. The second-order valence-corrected chi connectivity index (χ2v) is 6.06. The molecule has 0 aromatic heterocycles. The van der Waals surface area contributed by atoms with Gasteiger partial charge in [0.05, 0.1) is 7.11 Å². The van der Waals surface area contributed by atoms with Gasteiger partial charge in [-0.1, -0.05) is 44.4 Å². The van der Waals surface area contributed by atoms with Crippen LogP contribution in [-0.4, -0.2) is 12.6 Å². The van der Waals surface area contributed by atoms with E-state index in [0.29, 0.717) is 0 Å². The van der Waals surface area contributed by atoms with Gasteiger partial charge in [0.25, 0.3) is 0 Å². The van der Waals surface area contributed by atoms with Gasteiger partial charge in [0.1, 0.15) is 5.75 Å². The number of ether oxygens (including phenoxy) is 1. The van der Waals surface area contributed by atoms with Crippen molar-refractivity contribution in [3.05, 3.63) is 29.8 Å². The molecule has 2 N–H and O–H groups in total. The summed E-state index contributed by atoms with van der Waals surface area (Å²) in [5, 5.41) is 0. The van der Waals surface area contributed by atoms with Gasteiger partial charge in [-0.3, -0.25) is 0 Å². The normalized spacial score (nSPS) is 27.8. The minimum Gasteiger partial charge on any atom is -0.496 e. The molecule has 0 heterocycles. The molecule has 1 aromatic carbocycles. The Morgan fingerprint density at radius 3 is 2.79 bits per heavy atom. The highest BCUT2D eigenvalue weighted by Gasteiger charge is 2.29. The van der Waals surface area contributed by atoms with Crippen LogP contribution in [0.2, 0.25) is 0 Å². The van der Waals surface area contributed by atoms with Crippen molar-refractivity contribution in [2.24, 2.45) is 11.7 Å². The van der Waals surface area contributed by atoms with Crippen molar-refractivity contribution in [1.82, 2.24) is 0 Å². The van der Waals surface area contributed by atoms with Gasteiger partial charge >= 0.3 is 0 Å². The van der Waals surface area contributed by atoms with E-state index < -0.39 is 0 Å². The van der Waals surface area contributed by atoms with Crippen molar-refractivity contribution < 1.29 is 4.74 Å². The Kier molecular flexibility index (Phi) is 4.87. The molecular formula is C17H27NO. The van der Waals surface area contributed by atoms with Crippen molar-refractivity contribution in [2.75, 3.05) is 7.11 Å². The molecule has 0 amide bonds. The van der Waals surface area contributed by atoms with Crippen molar-refractivity contribution in [1.29, 1.82) is 0 Å². The fourth-order valence-corrected chi connectivity index (χ4v) is 3.32. The molecule has 1 fully saturated rings. The van der Waals surface area contributed by atoms with Gasteiger partial charge in [0, 0.05) is 5.54 Å². The van der Waals surface area contributed by atoms with E-state index in [1.165, 1.54) is 31.2 Å². The lowest BCUT2D eigenvalue weighted by Gasteiger charge is -2.29. The number of nitrogens with two attached hydrogens (primary N) is 1. The largest absolute Gasteiger partial charge is 0.496 e. The maximum Gasteiger partial charge on any atom is 0.122 e. The Morgan fingerprint density at radius 2 is 2.05 bits per heavy atom. The molecule has 2 nitrogen and oxygen atoms in total. The first-order chi connectivity index (χ1) is 9.17. The maximum absolute atomic E-state index is 6.68. The summed E-state index contributed by atoms with van der Waals surface area (Å²) in [5.74, 6) is 1.85. The molecule has 2 atom stereocenters. The molecule has 1 aromatic rings. The average Bonchev–Trinajstić information content (AvgIpc) is 2.61. The van der Waals surface area contributed by atoms with Crippen LogP contribution in [0.4, 0.5) is 0 Å². The maximum atomic E-state index is 6.68. The summed E-state index contributed by atoms with van der Waals surface area (Å²) < 4.78 is 5.45. The number of methoxy groups -OCH3 is 1. The fraction of sp³-hybridized carbons (Fsp3) is 0.647. The highest BCUT2D eigenvalue weighted by Crippen LogP contribution is 2.34. The van der Waals surface area contributed by atoms with Gasteiger partial charge in [0.15, 0.2) is 0 Å². The molecule has 19 heavy (non-hydrogen) atoms. The van der Waals surface area contributed by atoms with Gasteiger partial charge in [0.2, 0.25) is 0 Å². The predicted molar refractivity (Wildman–Crippen MR) is 80.5 cm³/mol. The lowest BCUT2D eigenvalue weighted by molar-refractivity contribution is 0.348. The van der Waals surface area contributed by atoms with Gasteiger partial charge in [-0.2, -0.15) is 0 Å². The molecule has 2 heteroatoms. The van der Waals surface area contributed by atoms with Gasteiger partial charge in [-0.15, -0.1) is 0 Å². The van der Waals surface area contributed by atoms with Crippen LogP contribution in [0.25, 0.3) is 0 Å². The van der Waals surface area contributed by atoms with E-state index in [9.17, 15) is 0 Å². The molecule has 0 spiro atoms. The zero-order valence-corrected chi connectivity index (χ0v) is 12.3. The molecule has 1 saturated carbocycles. The minimum absolute atomic E-state index is 0.0431. The molecular weight excluding hydrogens is 234 g/mol. The van der Waals surface area contributed by atoms with Crippen LogP contribution in [0.1, 0.15) is 51.0 Å². The third-order valence-corrected chi connectivity index (χ3v) is 4.65. The lowest BCUT2D eigenvalue weighted by Crippen LogP contribution is -2.41. The summed E-state index contributed by atoms with van der Waals surface area (Å²) in [5.41, 5.74) is 7.89. The number of hydrogen-bond acceptors (Lipinski definition) is 2. The molecule has 0 aliphatic heterocycles. The monoisotopic (exact) mass is 261 g/mol. The Bertz CT molecular complexity index is 404. The van der Waals surface area contributed by atoms with Gasteiger partial charge in [-0.25, -0.2) is 0 Å². The highest BCUT2D eigenvalue weighted by atomic mass is 16.5. The lowest BCUT2D eigenvalue weighted by atomic mass is 9.84. The van der Waals surface area contributed by atoms with E-state index >= 15 is 0 Å². The average molecular weight is 261 g/mol. The Hall–Kier alpha value is -1.02. The summed E-state index contributed by atoms with van der Waals surface area (Å²) in [7, 11) is 1.74. The summed E-state index contributed by atoms with van der Waals surface area (Å²) in [6.07, 6.45) is 8.41. The second-order valence-electron chi connectivity index (χ2n) is 6.06. The van der Waals surface area contributed by atoms with Crippen LogP contribution in [0.5, 0.6) is 5.75 Å². The molecule has 106 valence electrons. The van der Waals surface area contributed by atoms with Crippen LogP contribution >= 0.6 is 0 Å². The van der Waals surface area contributed by atoms with Crippen molar-refractivity contribution in [2.45, 2.75) is 57.4 Å². The molecule has 2 rings (SSSR count). The first-order valence-electron chi connectivity index (χ1n) is 7.57. The van der Waals surface area contributed by atoms with E-state index in [0.717, 1.165) is 30.9 Å². The van der Waals surface area contributed by atoms with E-state index in [2.05, 4.69) is 19.1 Å². The quantitative estimate of drug-likeness (QED) is 0.834. The van der Waals surface area contributed by atoms with E-state index in [-0.39, 0.29) is 5.54 Å². The third kappa shape index (κ3) is 3.73. The number of rotatable bonds is 4. The summed E-state index contributed by atoms with van der Waals surface area (Å²) >= 11 is 0. The number of benzene rings is 1. The molecule has 1 aliphatic carbocycles. The molecule has 0 bridgehead atoms. The summed E-state index contributed by atoms with van der Waals surface area (Å²) in [4.78, 5) is 0. The number of para-hydroxylation sites is 1. The first kappa shape index (κ1) is 14.4. The minimum atomic E-state index is -0.0431. The third-order valence-electron chi connectivity index (χ3n) is 4.65. The van der Waals surface area contributed by atoms with Crippen molar-refractivity contribution in [3.63, 3.8) is 0 Å².